The number of likely N-dealkylation sites (tertiary alicyclic amines) is 1. The molecule has 1 aliphatic rings. The maximum Gasteiger partial charge on any atom is 0.105 e. The van der Waals surface area contributed by atoms with Gasteiger partial charge in [-0.15, -0.1) is 0 Å². The van der Waals surface area contributed by atoms with E-state index in [1.165, 1.54) is 19.4 Å². The number of nitrogens with zero attached hydrogens (tertiary/aromatic N) is 2. The monoisotopic (exact) mass is 297 g/mol. The maximum atomic E-state index is 6.21. The fraction of sp³-hybridized carbons (Fsp3) is 0.500. The van der Waals surface area contributed by atoms with Crippen LogP contribution in [0.1, 0.15) is 18.4 Å². The van der Waals surface area contributed by atoms with Gasteiger partial charge in [0.15, 0.2) is 0 Å². The maximum absolute atomic E-state index is 6.21. The Labute approximate surface area is 125 Å². The Balaban J connectivity index is 2.09. The molecule has 3 nitrogen and oxygen atoms in total. The van der Waals surface area contributed by atoms with Gasteiger partial charge in [0.05, 0.1) is 5.02 Å². The largest absolute Gasteiger partial charge is 0.389 e. The standard InChI is InChI=1S/C14H20ClN3S/c1-17-7-3-4-11(17)9-18(2)10-5-6-12(14(16)19)13(15)8-10/h5-6,8,11H,3-4,7,9H2,1-2H3,(H2,16,19). The number of halogens is 1. The van der Waals surface area contributed by atoms with E-state index in [4.69, 9.17) is 29.6 Å². The number of nitrogens with two attached hydrogens (primary N) is 1. The number of likely N-dealkylation sites (N-methyl/N-ethyl adjacent to an activating group) is 2. The summed E-state index contributed by atoms with van der Waals surface area (Å²) < 4.78 is 0. The molecule has 0 radical (unpaired) electrons. The van der Waals surface area contributed by atoms with Crippen molar-refractivity contribution in [2.24, 2.45) is 5.73 Å². The zero-order chi connectivity index (χ0) is 14.0. The minimum absolute atomic E-state index is 0.342. The van der Waals surface area contributed by atoms with E-state index in [1.807, 2.05) is 18.2 Å². The van der Waals surface area contributed by atoms with Gasteiger partial charge in [0.25, 0.3) is 0 Å². The highest BCUT2D eigenvalue weighted by molar-refractivity contribution is 7.80. The molecular formula is C14H20ClN3S. The first-order chi connectivity index (χ1) is 8.99. The van der Waals surface area contributed by atoms with Crippen molar-refractivity contribution in [3.63, 3.8) is 0 Å². The summed E-state index contributed by atoms with van der Waals surface area (Å²) in [5.74, 6) is 0. The van der Waals surface area contributed by atoms with E-state index in [1.54, 1.807) is 0 Å². The third-order valence-corrected chi connectivity index (χ3v) is 4.35. The van der Waals surface area contributed by atoms with Crippen LogP contribution >= 0.6 is 23.8 Å². The Hall–Kier alpha value is -0.840. The Bertz CT molecular complexity index is 478. The fourth-order valence-electron chi connectivity index (χ4n) is 2.57. The SMILES string of the molecule is CN(CC1CCCN1C)c1ccc(C(N)=S)c(Cl)c1. The highest BCUT2D eigenvalue weighted by Gasteiger charge is 2.22. The number of hydrogen-bond acceptors (Lipinski definition) is 3. The molecule has 1 aromatic carbocycles. The molecule has 0 aliphatic carbocycles. The second-order valence-corrected chi connectivity index (χ2v) is 6.03. The van der Waals surface area contributed by atoms with Gasteiger partial charge in [-0.1, -0.05) is 23.8 Å². The van der Waals surface area contributed by atoms with E-state index in [9.17, 15) is 0 Å². The van der Waals surface area contributed by atoms with Crippen LogP contribution in [0, 0.1) is 0 Å². The molecule has 19 heavy (non-hydrogen) atoms. The van der Waals surface area contributed by atoms with E-state index in [2.05, 4.69) is 23.9 Å². The van der Waals surface area contributed by atoms with Gasteiger partial charge >= 0.3 is 0 Å². The molecule has 1 atom stereocenters. The molecule has 1 unspecified atom stereocenters. The smallest absolute Gasteiger partial charge is 0.105 e. The summed E-state index contributed by atoms with van der Waals surface area (Å²) >= 11 is 11.2. The van der Waals surface area contributed by atoms with Gasteiger partial charge in [-0.05, 0) is 44.6 Å². The van der Waals surface area contributed by atoms with Crippen LogP contribution in [0.4, 0.5) is 5.69 Å². The Morgan fingerprint density at radius 3 is 2.84 bits per heavy atom. The van der Waals surface area contributed by atoms with E-state index in [0.717, 1.165) is 17.8 Å². The average Bonchev–Trinajstić information content (AvgIpc) is 2.74. The third-order valence-electron chi connectivity index (χ3n) is 3.82. The van der Waals surface area contributed by atoms with Crippen molar-refractivity contribution in [3.8, 4) is 0 Å². The Kier molecular flexibility index (Phi) is 4.66. The van der Waals surface area contributed by atoms with E-state index in [0.29, 0.717) is 16.1 Å². The third kappa shape index (κ3) is 3.38. The van der Waals surface area contributed by atoms with Crippen LogP contribution in [0.2, 0.25) is 5.02 Å². The summed E-state index contributed by atoms with van der Waals surface area (Å²) in [5, 5.41) is 0.622. The number of anilines is 1. The number of hydrogen-bond donors (Lipinski definition) is 1. The van der Waals surface area contributed by atoms with Crippen molar-refractivity contribution in [1.82, 2.24) is 4.90 Å². The lowest BCUT2D eigenvalue weighted by molar-refractivity contribution is 0.314. The molecule has 1 fully saturated rings. The lowest BCUT2D eigenvalue weighted by Gasteiger charge is -2.27. The highest BCUT2D eigenvalue weighted by atomic mass is 35.5. The van der Waals surface area contributed by atoms with Gasteiger partial charge in [0, 0.05) is 30.9 Å². The molecule has 0 aromatic heterocycles. The van der Waals surface area contributed by atoms with Crippen molar-refractivity contribution in [1.29, 1.82) is 0 Å². The fourth-order valence-corrected chi connectivity index (χ4v) is 3.08. The molecule has 0 saturated carbocycles. The van der Waals surface area contributed by atoms with Crippen LogP contribution in [-0.4, -0.2) is 43.1 Å². The lowest BCUT2D eigenvalue weighted by atomic mass is 10.1. The molecule has 1 aromatic rings. The van der Waals surface area contributed by atoms with Crippen LogP contribution < -0.4 is 10.6 Å². The van der Waals surface area contributed by atoms with Gasteiger partial charge in [0.1, 0.15) is 4.99 Å². The lowest BCUT2D eigenvalue weighted by Crippen LogP contribution is -2.36. The summed E-state index contributed by atoms with van der Waals surface area (Å²) in [5.41, 5.74) is 7.46. The van der Waals surface area contributed by atoms with Crippen molar-refractivity contribution in [3.05, 3.63) is 28.8 Å². The molecule has 0 spiro atoms. The van der Waals surface area contributed by atoms with Gasteiger partial charge in [-0.2, -0.15) is 0 Å². The van der Waals surface area contributed by atoms with Gasteiger partial charge in [0.2, 0.25) is 0 Å². The number of benzene rings is 1. The summed E-state index contributed by atoms with van der Waals surface area (Å²) in [6.07, 6.45) is 2.55. The zero-order valence-corrected chi connectivity index (χ0v) is 13.0. The van der Waals surface area contributed by atoms with Crippen LogP contribution in [0.3, 0.4) is 0 Å². The van der Waals surface area contributed by atoms with Gasteiger partial charge < -0.3 is 15.5 Å². The van der Waals surface area contributed by atoms with E-state index < -0.39 is 0 Å². The first kappa shape index (κ1) is 14.6. The highest BCUT2D eigenvalue weighted by Crippen LogP contribution is 2.24. The predicted molar refractivity (Wildman–Crippen MR) is 86.3 cm³/mol. The van der Waals surface area contributed by atoms with E-state index >= 15 is 0 Å². The first-order valence-electron chi connectivity index (χ1n) is 6.50. The molecule has 1 heterocycles. The number of rotatable bonds is 4. The number of thiocarbonyl (C=S) groups is 1. The van der Waals surface area contributed by atoms with Crippen molar-refractivity contribution in [2.75, 3.05) is 32.1 Å². The Morgan fingerprint density at radius 2 is 2.32 bits per heavy atom. The van der Waals surface area contributed by atoms with Crippen LogP contribution in [0.15, 0.2) is 18.2 Å². The Morgan fingerprint density at radius 1 is 1.58 bits per heavy atom. The quantitative estimate of drug-likeness (QED) is 0.866. The second kappa shape index (κ2) is 6.07. The minimum atomic E-state index is 0.342. The average molecular weight is 298 g/mol. The summed E-state index contributed by atoms with van der Waals surface area (Å²) in [7, 11) is 4.28. The molecule has 5 heteroatoms. The molecule has 0 bridgehead atoms. The topological polar surface area (TPSA) is 32.5 Å². The zero-order valence-electron chi connectivity index (χ0n) is 11.4. The molecule has 1 aliphatic heterocycles. The van der Waals surface area contributed by atoms with Gasteiger partial charge in [-0.25, -0.2) is 0 Å². The molecule has 0 amide bonds. The molecule has 2 rings (SSSR count). The summed E-state index contributed by atoms with van der Waals surface area (Å²) in [4.78, 5) is 5.00. The first-order valence-corrected chi connectivity index (χ1v) is 7.28. The second-order valence-electron chi connectivity index (χ2n) is 5.19. The normalized spacial score (nSPS) is 19.6. The molecule has 104 valence electrons. The minimum Gasteiger partial charge on any atom is -0.389 e. The predicted octanol–water partition coefficient (Wildman–Crippen LogP) is 2.50. The van der Waals surface area contributed by atoms with Crippen LogP contribution in [-0.2, 0) is 0 Å². The van der Waals surface area contributed by atoms with Crippen LogP contribution in [0.5, 0.6) is 0 Å². The van der Waals surface area contributed by atoms with Crippen molar-refractivity contribution < 1.29 is 0 Å². The van der Waals surface area contributed by atoms with Crippen molar-refractivity contribution in [2.45, 2.75) is 18.9 Å². The molecule has 2 N–H and O–H groups in total. The van der Waals surface area contributed by atoms with Gasteiger partial charge in [-0.3, -0.25) is 0 Å². The van der Waals surface area contributed by atoms with Crippen molar-refractivity contribution >= 4 is 34.5 Å². The molecular weight excluding hydrogens is 278 g/mol. The summed E-state index contributed by atoms with van der Waals surface area (Å²) in [6.45, 7) is 2.21. The molecule has 1 saturated heterocycles. The summed E-state index contributed by atoms with van der Waals surface area (Å²) in [6, 6.07) is 6.48. The van der Waals surface area contributed by atoms with Crippen LogP contribution in [0.25, 0.3) is 0 Å². The van der Waals surface area contributed by atoms with E-state index in [-0.39, 0.29) is 0 Å².